The van der Waals surface area contributed by atoms with Crippen molar-refractivity contribution in [3.8, 4) is 5.75 Å². The molecule has 1 N–H and O–H groups in total. The molecule has 0 unspecified atom stereocenters. The van der Waals surface area contributed by atoms with E-state index in [4.69, 9.17) is 0 Å². The number of hydrogen-bond donors (Lipinski definition) is 1. The van der Waals surface area contributed by atoms with Gasteiger partial charge in [0.05, 0.1) is 0 Å². The van der Waals surface area contributed by atoms with Crippen LogP contribution in [-0.4, -0.2) is 16.0 Å². The van der Waals surface area contributed by atoms with Gasteiger partial charge in [-0.15, -0.1) is 0 Å². The number of carbonyl (C=O) groups is 1. The average molecular weight is 236 g/mol. The lowest BCUT2D eigenvalue weighted by atomic mass is 10.1. The molecule has 0 aliphatic heterocycles. The first-order valence-corrected chi connectivity index (χ1v) is 6.18. The van der Waals surface area contributed by atoms with Gasteiger partial charge in [0.2, 0.25) is 0 Å². The van der Waals surface area contributed by atoms with Crippen molar-refractivity contribution in [1.29, 1.82) is 0 Å². The molecule has 3 heteroatoms. The van der Waals surface area contributed by atoms with Crippen LogP contribution in [0.25, 0.3) is 6.08 Å². The maximum Gasteiger partial charge on any atom is 0.185 e. The molecule has 0 aliphatic rings. The van der Waals surface area contributed by atoms with E-state index in [0.29, 0.717) is 5.75 Å². The molecule has 0 heterocycles. The van der Waals surface area contributed by atoms with Crippen LogP contribution in [0.4, 0.5) is 0 Å². The lowest BCUT2D eigenvalue weighted by molar-refractivity contribution is -0.109. The standard InChI is InChI=1S/C13H16O2S/c1-10-6-5-8-12(13(10)15)7-3-4-9-16-11(2)14/h3,5-8,15H,4,9H2,1-2H3. The average Bonchev–Trinajstić information content (AvgIpc) is 2.23. The van der Waals surface area contributed by atoms with Crippen molar-refractivity contribution in [3.05, 3.63) is 35.4 Å². The van der Waals surface area contributed by atoms with Crippen LogP contribution in [0.2, 0.25) is 0 Å². The van der Waals surface area contributed by atoms with Gasteiger partial charge in [-0.25, -0.2) is 0 Å². The van der Waals surface area contributed by atoms with Gasteiger partial charge in [0.25, 0.3) is 0 Å². The Morgan fingerprint density at radius 2 is 2.25 bits per heavy atom. The number of para-hydroxylation sites is 1. The maximum absolute atomic E-state index is 10.7. The molecule has 2 nitrogen and oxygen atoms in total. The fourth-order valence-electron chi connectivity index (χ4n) is 1.30. The van der Waals surface area contributed by atoms with E-state index < -0.39 is 0 Å². The lowest BCUT2D eigenvalue weighted by Gasteiger charge is -2.01. The Morgan fingerprint density at radius 3 is 2.94 bits per heavy atom. The van der Waals surface area contributed by atoms with Crippen LogP contribution in [0, 0.1) is 6.92 Å². The minimum Gasteiger partial charge on any atom is -0.507 e. The Balaban J connectivity index is 2.50. The Morgan fingerprint density at radius 1 is 1.50 bits per heavy atom. The lowest BCUT2D eigenvalue weighted by Crippen LogP contribution is -1.84. The summed E-state index contributed by atoms with van der Waals surface area (Å²) >= 11 is 1.32. The summed E-state index contributed by atoms with van der Waals surface area (Å²) in [5.41, 5.74) is 1.70. The minimum absolute atomic E-state index is 0.145. The van der Waals surface area contributed by atoms with Gasteiger partial charge in [-0.3, -0.25) is 4.79 Å². The molecule has 0 bridgehead atoms. The second-order valence-corrected chi connectivity index (χ2v) is 4.82. The zero-order valence-corrected chi connectivity index (χ0v) is 10.4. The molecule has 0 amide bonds. The first kappa shape index (κ1) is 12.8. The third-order valence-corrected chi connectivity index (χ3v) is 3.00. The van der Waals surface area contributed by atoms with Crippen LogP contribution in [0.15, 0.2) is 24.3 Å². The highest BCUT2D eigenvalue weighted by atomic mass is 32.2. The summed E-state index contributed by atoms with van der Waals surface area (Å²) in [5, 5.41) is 9.88. The van der Waals surface area contributed by atoms with Crippen LogP contribution in [-0.2, 0) is 4.79 Å². The van der Waals surface area contributed by atoms with E-state index in [1.54, 1.807) is 6.92 Å². The molecule has 1 rings (SSSR count). The Bertz CT molecular complexity index is 397. The van der Waals surface area contributed by atoms with Crippen LogP contribution >= 0.6 is 11.8 Å². The first-order valence-electron chi connectivity index (χ1n) is 5.19. The molecule has 1 aromatic rings. The fourth-order valence-corrected chi connectivity index (χ4v) is 1.84. The fraction of sp³-hybridized carbons (Fsp3) is 0.308. The highest BCUT2D eigenvalue weighted by molar-refractivity contribution is 8.13. The van der Waals surface area contributed by atoms with Crippen LogP contribution in [0.1, 0.15) is 24.5 Å². The molecular formula is C13H16O2S. The normalized spacial score (nSPS) is 10.9. The summed E-state index contributed by atoms with van der Waals surface area (Å²) in [6.07, 6.45) is 4.70. The Hall–Kier alpha value is -1.22. The number of phenols is 1. The summed E-state index contributed by atoms with van der Waals surface area (Å²) < 4.78 is 0. The zero-order valence-electron chi connectivity index (χ0n) is 9.56. The van der Waals surface area contributed by atoms with Crippen LogP contribution in [0.5, 0.6) is 5.75 Å². The predicted octanol–water partition coefficient (Wildman–Crippen LogP) is 3.38. The molecule has 0 spiro atoms. The zero-order chi connectivity index (χ0) is 12.0. The van der Waals surface area contributed by atoms with Crippen molar-refractivity contribution in [3.63, 3.8) is 0 Å². The third-order valence-electron chi connectivity index (χ3n) is 2.16. The quantitative estimate of drug-likeness (QED) is 0.814. The van der Waals surface area contributed by atoms with Crippen molar-refractivity contribution in [2.45, 2.75) is 20.3 Å². The minimum atomic E-state index is 0.145. The maximum atomic E-state index is 10.7. The number of aromatic hydroxyl groups is 1. The van der Waals surface area contributed by atoms with Crippen molar-refractivity contribution in [1.82, 2.24) is 0 Å². The number of allylic oxidation sites excluding steroid dienone is 1. The van der Waals surface area contributed by atoms with Gasteiger partial charge >= 0.3 is 0 Å². The highest BCUT2D eigenvalue weighted by Crippen LogP contribution is 2.22. The summed E-state index contributed by atoms with van der Waals surface area (Å²) in [7, 11) is 0. The molecule has 0 radical (unpaired) electrons. The number of thioether (sulfide) groups is 1. The van der Waals surface area contributed by atoms with Crippen molar-refractivity contribution < 1.29 is 9.90 Å². The summed E-state index contributed by atoms with van der Waals surface area (Å²) in [6, 6.07) is 5.66. The highest BCUT2D eigenvalue weighted by Gasteiger charge is 1.99. The van der Waals surface area contributed by atoms with E-state index >= 15 is 0 Å². The second-order valence-electron chi connectivity index (χ2n) is 3.54. The predicted molar refractivity (Wildman–Crippen MR) is 69.6 cm³/mol. The van der Waals surface area contributed by atoms with E-state index in [1.807, 2.05) is 37.3 Å². The third kappa shape index (κ3) is 4.11. The molecule has 16 heavy (non-hydrogen) atoms. The van der Waals surface area contributed by atoms with Crippen LogP contribution < -0.4 is 0 Å². The van der Waals surface area contributed by atoms with Gasteiger partial charge in [-0.05, 0) is 18.9 Å². The SMILES string of the molecule is CC(=O)SCCC=Cc1cccc(C)c1O. The number of rotatable bonds is 4. The monoisotopic (exact) mass is 236 g/mol. The van der Waals surface area contributed by atoms with E-state index in [0.717, 1.165) is 23.3 Å². The molecule has 0 saturated carbocycles. The molecule has 0 aromatic heterocycles. The van der Waals surface area contributed by atoms with Crippen molar-refractivity contribution in [2.24, 2.45) is 0 Å². The van der Waals surface area contributed by atoms with Gasteiger partial charge in [-0.1, -0.05) is 42.1 Å². The molecule has 0 aliphatic carbocycles. The molecule has 0 atom stereocenters. The number of phenolic OH excluding ortho intramolecular Hbond substituents is 1. The molecular weight excluding hydrogens is 220 g/mol. The van der Waals surface area contributed by atoms with E-state index in [1.165, 1.54) is 11.8 Å². The number of hydrogen-bond acceptors (Lipinski definition) is 3. The van der Waals surface area contributed by atoms with E-state index in [-0.39, 0.29) is 5.12 Å². The van der Waals surface area contributed by atoms with Gasteiger partial charge in [0.15, 0.2) is 5.12 Å². The molecule has 86 valence electrons. The Kier molecular flexibility index (Phi) is 5.12. The molecule has 0 saturated heterocycles. The van der Waals surface area contributed by atoms with Crippen molar-refractivity contribution in [2.75, 3.05) is 5.75 Å². The van der Waals surface area contributed by atoms with Gasteiger partial charge in [-0.2, -0.15) is 0 Å². The van der Waals surface area contributed by atoms with Gasteiger partial charge < -0.3 is 5.11 Å². The van der Waals surface area contributed by atoms with Crippen LogP contribution in [0.3, 0.4) is 0 Å². The second kappa shape index (κ2) is 6.38. The summed E-state index contributed by atoms with van der Waals surface area (Å²) in [5.74, 6) is 1.12. The summed E-state index contributed by atoms with van der Waals surface area (Å²) in [4.78, 5) is 10.7. The van der Waals surface area contributed by atoms with Crippen molar-refractivity contribution >= 4 is 23.0 Å². The molecule has 1 aromatic carbocycles. The smallest absolute Gasteiger partial charge is 0.185 e. The topological polar surface area (TPSA) is 37.3 Å². The number of benzene rings is 1. The van der Waals surface area contributed by atoms with Gasteiger partial charge in [0, 0.05) is 18.2 Å². The van der Waals surface area contributed by atoms with Gasteiger partial charge in [0.1, 0.15) is 5.75 Å². The number of aryl methyl sites for hydroxylation is 1. The summed E-state index contributed by atoms with van der Waals surface area (Å²) in [6.45, 7) is 3.44. The first-order chi connectivity index (χ1) is 7.61. The van der Waals surface area contributed by atoms with E-state index in [2.05, 4.69) is 0 Å². The van der Waals surface area contributed by atoms with E-state index in [9.17, 15) is 9.90 Å². The number of carbonyl (C=O) groups excluding carboxylic acids is 1. The Labute approximate surface area is 100 Å². The molecule has 0 fully saturated rings. The largest absolute Gasteiger partial charge is 0.507 e.